The lowest BCUT2D eigenvalue weighted by Crippen LogP contribution is -2.30. The van der Waals surface area contributed by atoms with Crippen LogP contribution in [-0.4, -0.2) is 13.1 Å². The standard InChI is InChI=1S/C10H17N/c1-8(2)9-6-4-5-7-10(9)11-3/h4-6,8,10-11H,7H2,1-3H3. The molecule has 0 bridgehead atoms. The summed E-state index contributed by atoms with van der Waals surface area (Å²) < 4.78 is 0. The zero-order valence-electron chi connectivity index (χ0n) is 7.59. The SMILES string of the molecule is CNC1CC=CC=C1C(C)C. The van der Waals surface area contributed by atoms with E-state index in [-0.39, 0.29) is 0 Å². The first-order chi connectivity index (χ1) is 5.25. The van der Waals surface area contributed by atoms with Gasteiger partial charge in [0, 0.05) is 6.04 Å². The van der Waals surface area contributed by atoms with Gasteiger partial charge in [-0.25, -0.2) is 0 Å². The average molecular weight is 151 g/mol. The van der Waals surface area contributed by atoms with Crippen LogP contribution in [0.5, 0.6) is 0 Å². The van der Waals surface area contributed by atoms with E-state index >= 15 is 0 Å². The summed E-state index contributed by atoms with van der Waals surface area (Å²) in [6, 6.07) is 0.569. The maximum atomic E-state index is 3.32. The molecule has 62 valence electrons. The van der Waals surface area contributed by atoms with Gasteiger partial charge >= 0.3 is 0 Å². The summed E-state index contributed by atoms with van der Waals surface area (Å²) in [4.78, 5) is 0. The molecule has 11 heavy (non-hydrogen) atoms. The van der Waals surface area contributed by atoms with E-state index in [1.165, 1.54) is 5.57 Å². The molecule has 1 aliphatic rings. The minimum atomic E-state index is 0.569. The van der Waals surface area contributed by atoms with Crippen molar-refractivity contribution in [3.63, 3.8) is 0 Å². The number of likely N-dealkylation sites (N-methyl/N-ethyl adjacent to an activating group) is 1. The molecule has 1 atom stereocenters. The number of hydrogen-bond acceptors (Lipinski definition) is 1. The third kappa shape index (κ3) is 1.93. The van der Waals surface area contributed by atoms with Crippen molar-refractivity contribution in [3.05, 3.63) is 23.8 Å². The number of nitrogens with one attached hydrogen (secondary N) is 1. The highest BCUT2D eigenvalue weighted by Gasteiger charge is 2.14. The maximum Gasteiger partial charge on any atom is 0.0317 e. The van der Waals surface area contributed by atoms with E-state index in [0.29, 0.717) is 12.0 Å². The zero-order chi connectivity index (χ0) is 8.27. The van der Waals surface area contributed by atoms with Gasteiger partial charge in [-0.05, 0) is 19.4 Å². The Morgan fingerprint density at radius 3 is 2.73 bits per heavy atom. The second-order valence-electron chi connectivity index (χ2n) is 3.33. The fourth-order valence-corrected chi connectivity index (χ4v) is 1.53. The van der Waals surface area contributed by atoms with Crippen LogP contribution in [0.25, 0.3) is 0 Å². The molecule has 1 unspecified atom stereocenters. The van der Waals surface area contributed by atoms with Crippen LogP contribution < -0.4 is 5.32 Å². The molecular weight excluding hydrogens is 134 g/mol. The van der Waals surface area contributed by atoms with Gasteiger partial charge in [0.15, 0.2) is 0 Å². The van der Waals surface area contributed by atoms with Gasteiger partial charge in [-0.3, -0.25) is 0 Å². The molecule has 1 nitrogen and oxygen atoms in total. The van der Waals surface area contributed by atoms with Crippen molar-refractivity contribution in [3.8, 4) is 0 Å². The van der Waals surface area contributed by atoms with E-state index < -0.39 is 0 Å². The third-order valence-electron chi connectivity index (χ3n) is 2.21. The summed E-state index contributed by atoms with van der Waals surface area (Å²) >= 11 is 0. The molecule has 0 aromatic carbocycles. The lowest BCUT2D eigenvalue weighted by Gasteiger charge is -2.23. The van der Waals surface area contributed by atoms with Crippen LogP contribution >= 0.6 is 0 Å². The molecule has 1 aliphatic carbocycles. The molecule has 1 N–H and O–H groups in total. The van der Waals surface area contributed by atoms with E-state index in [2.05, 4.69) is 37.4 Å². The Balaban J connectivity index is 2.70. The van der Waals surface area contributed by atoms with Crippen LogP contribution in [0.2, 0.25) is 0 Å². The van der Waals surface area contributed by atoms with Crippen LogP contribution in [-0.2, 0) is 0 Å². The van der Waals surface area contributed by atoms with Gasteiger partial charge < -0.3 is 5.32 Å². The van der Waals surface area contributed by atoms with E-state index in [4.69, 9.17) is 0 Å². The van der Waals surface area contributed by atoms with E-state index in [9.17, 15) is 0 Å². The minimum absolute atomic E-state index is 0.569. The predicted molar refractivity (Wildman–Crippen MR) is 49.5 cm³/mol. The lowest BCUT2D eigenvalue weighted by atomic mass is 9.90. The summed E-state index contributed by atoms with van der Waals surface area (Å²) in [5, 5.41) is 3.32. The molecule has 0 saturated carbocycles. The molecule has 1 rings (SSSR count). The molecule has 0 saturated heterocycles. The van der Waals surface area contributed by atoms with Crippen molar-refractivity contribution in [1.82, 2.24) is 5.32 Å². The third-order valence-corrected chi connectivity index (χ3v) is 2.21. The smallest absolute Gasteiger partial charge is 0.0317 e. The molecule has 0 aliphatic heterocycles. The van der Waals surface area contributed by atoms with Crippen LogP contribution in [0.4, 0.5) is 0 Å². The average Bonchev–Trinajstić information content (AvgIpc) is 2.04. The van der Waals surface area contributed by atoms with E-state index in [0.717, 1.165) is 6.42 Å². The van der Waals surface area contributed by atoms with Crippen molar-refractivity contribution in [2.45, 2.75) is 26.3 Å². The second kappa shape index (κ2) is 3.72. The summed E-state index contributed by atoms with van der Waals surface area (Å²) in [6.45, 7) is 4.49. The Morgan fingerprint density at radius 2 is 2.27 bits per heavy atom. The van der Waals surface area contributed by atoms with Crippen LogP contribution in [0.15, 0.2) is 23.8 Å². The van der Waals surface area contributed by atoms with Crippen LogP contribution in [0, 0.1) is 5.92 Å². The first-order valence-corrected chi connectivity index (χ1v) is 4.29. The molecule has 0 radical (unpaired) electrons. The molecule has 0 spiro atoms. The van der Waals surface area contributed by atoms with Gasteiger partial charge in [-0.1, -0.05) is 37.6 Å². The van der Waals surface area contributed by atoms with Crippen molar-refractivity contribution >= 4 is 0 Å². The number of hydrogen-bond donors (Lipinski definition) is 1. The largest absolute Gasteiger partial charge is 0.313 e. The van der Waals surface area contributed by atoms with Crippen molar-refractivity contribution in [2.75, 3.05) is 7.05 Å². The fourth-order valence-electron chi connectivity index (χ4n) is 1.53. The molecule has 0 fully saturated rings. The molecule has 0 aromatic heterocycles. The van der Waals surface area contributed by atoms with Gasteiger partial charge in [0.1, 0.15) is 0 Å². The van der Waals surface area contributed by atoms with Crippen molar-refractivity contribution in [1.29, 1.82) is 0 Å². The van der Waals surface area contributed by atoms with E-state index in [1.807, 2.05) is 7.05 Å². The Morgan fingerprint density at radius 1 is 1.55 bits per heavy atom. The normalized spacial score (nSPS) is 24.0. The summed E-state index contributed by atoms with van der Waals surface area (Å²) in [7, 11) is 2.03. The Bertz CT molecular complexity index is 177. The quantitative estimate of drug-likeness (QED) is 0.637. The Labute approximate surface area is 69.2 Å². The summed E-state index contributed by atoms with van der Waals surface area (Å²) in [5.41, 5.74) is 1.52. The van der Waals surface area contributed by atoms with Gasteiger partial charge in [-0.2, -0.15) is 0 Å². The second-order valence-corrected chi connectivity index (χ2v) is 3.33. The van der Waals surface area contributed by atoms with Crippen molar-refractivity contribution in [2.24, 2.45) is 5.92 Å². The van der Waals surface area contributed by atoms with Crippen LogP contribution in [0.1, 0.15) is 20.3 Å². The molecule has 0 amide bonds. The van der Waals surface area contributed by atoms with Gasteiger partial charge in [0.2, 0.25) is 0 Å². The zero-order valence-corrected chi connectivity index (χ0v) is 7.59. The van der Waals surface area contributed by atoms with Gasteiger partial charge in [0.05, 0.1) is 0 Å². The highest BCUT2D eigenvalue weighted by atomic mass is 14.9. The molecule has 0 aromatic rings. The van der Waals surface area contributed by atoms with Crippen LogP contribution in [0.3, 0.4) is 0 Å². The monoisotopic (exact) mass is 151 g/mol. The first-order valence-electron chi connectivity index (χ1n) is 4.29. The van der Waals surface area contributed by atoms with Gasteiger partial charge in [-0.15, -0.1) is 0 Å². The topological polar surface area (TPSA) is 12.0 Å². The molecule has 1 heteroatoms. The summed E-state index contributed by atoms with van der Waals surface area (Å²) in [6.07, 6.45) is 7.74. The first kappa shape index (κ1) is 8.54. The van der Waals surface area contributed by atoms with Crippen molar-refractivity contribution < 1.29 is 0 Å². The Hall–Kier alpha value is -0.560. The van der Waals surface area contributed by atoms with E-state index in [1.54, 1.807) is 0 Å². The highest BCUT2D eigenvalue weighted by molar-refractivity contribution is 5.25. The number of allylic oxidation sites excluding steroid dienone is 2. The summed E-state index contributed by atoms with van der Waals surface area (Å²) in [5.74, 6) is 0.664. The predicted octanol–water partition coefficient (Wildman–Crippen LogP) is 2.12. The maximum absolute atomic E-state index is 3.32. The van der Waals surface area contributed by atoms with Gasteiger partial charge in [0.25, 0.3) is 0 Å². The Kier molecular flexibility index (Phi) is 2.89. The minimum Gasteiger partial charge on any atom is -0.313 e. The molecule has 0 heterocycles. The fraction of sp³-hybridized carbons (Fsp3) is 0.600. The number of rotatable bonds is 2. The molecular formula is C10H17N. The highest BCUT2D eigenvalue weighted by Crippen LogP contribution is 2.20. The lowest BCUT2D eigenvalue weighted by molar-refractivity contribution is 0.566.